The number of ether oxygens (including phenoxy) is 2. The van der Waals surface area contributed by atoms with Crippen molar-refractivity contribution in [1.29, 1.82) is 0 Å². The standard InChI is InChI=1S/C20H26F2N2O3/c1-26-14-9-24(10-14)17-7-13(18(25)27-2)3-4-15(17)16-8-19(5-6-23-16)11-20(21,22)12-19/h3-4,7,14,16,23H,5-6,8-12H2,1-2H3. The summed E-state index contributed by atoms with van der Waals surface area (Å²) in [6.45, 7) is 2.24. The molecule has 1 unspecified atom stereocenters. The van der Waals surface area contributed by atoms with E-state index in [0.29, 0.717) is 12.0 Å². The number of nitrogens with one attached hydrogen (secondary N) is 1. The third-order valence-electron chi connectivity index (χ3n) is 6.30. The van der Waals surface area contributed by atoms with Crippen LogP contribution in [0.1, 0.15) is 47.6 Å². The van der Waals surface area contributed by atoms with Crippen molar-refractivity contribution in [2.75, 3.05) is 38.8 Å². The fourth-order valence-corrected chi connectivity index (χ4v) is 4.85. The molecule has 0 aromatic heterocycles. The molecule has 1 spiro atoms. The maximum atomic E-state index is 13.5. The Hall–Kier alpha value is -1.73. The number of nitrogens with zero attached hydrogens (tertiary/aromatic N) is 1. The number of carbonyl (C=O) groups excluding carboxylic acids is 1. The number of alkyl halides is 2. The average Bonchev–Trinajstić information content (AvgIpc) is 2.58. The van der Waals surface area contributed by atoms with Crippen LogP contribution in [0, 0.1) is 5.41 Å². The Morgan fingerprint density at radius 3 is 2.63 bits per heavy atom. The van der Waals surface area contributed by atoms with Crippen LogP contribution in [0.25, 0.3) is 0 Å². The lowest BCUT2D eigenvalue weighted by atomic mass is 9.59. The number of halogens is 2. The number of carbonyl (C=O) groups is 1. The molecule has 1 N–H and O–H groups in total. The summed E-state index contributed by atoms with van der Waals surface area (Å²) in [5, 5.41) is 3.50. The number of esters is 1. The van der Waals surface area contributed by atoms with E-state index in [1.807, 2.05) is 12.1 Å². The van der Waals surface area contributed by atoms with E-state index in [1.54, 1.807) is 13.2 Å². The van der Waals surface area contributed by atoms with Crippen molar-refractivity contribution in [3.8, 4) is 0 Å². The smallest absolute Gasteiger partial charge is 0.337 e. The highest BCUT2D eigenvalue weighted by Crippen LogP contribution is 2.59. The molecule has 1 aliphatic carbocycles. The molecule has 2 aliphatic heterocycles. The quantitative estimate of drug-likeness (QED) is 0.814. The Morgan fingerprint density at radius 2 is 2.00 bits per heavy atom. The van der Waals surface area contributed by atoms with Gasteiger partial charge in [0, 0.05) is 44.8 Å². The molecule has 4 rings (SSSR count). The molecule has 5 nitrogen and oxygen atoms in total. The van der Waals surface area contributed by atoms with Gasteiger partial charge < -0.3 is 19.7 Å². The Kier molecular flexibility index (Phi) is 4.63. The second-order valence-corrected chi connectivity index (χ2v) is 8.20. The van der Waals surface area contributed by atoms with Crippen molar-refractivity contribution in [1.82, 2.24) is 5.32 Å². The predicted molar refractivity (Wildman–Crippen MR) is 97.4 cm³/mol. The monoisotopic (exact) mass is 380 g/mol. The molecule has 1 atom stereocenters. The summed E-state index contributed by atoms with van der Waals surface area (Å²) in [5.74, 6) is -2.89. The minimum Gasteiger partial charge on any atom is -0.465 e. The minimum absolute atomic E-state index is 0.0107. The van der Waals surface area contributed by atoms with E-state index < -0.39 is 5.92 Å². The van der Waals surface area contributed by atoms with Gasteiger partial charge in [-0.3, -0.25) is 0 Å². The number of rotatable bonds is 4. The lowest BCUT2D eigenvalue weighted by Gasteiger charge is -2.52. The number of methoxy groups -OCH3 is 2. The summed E-state index contributed by atoms with van der Waals surface area (Å²) in [7, 11) is 3.06. The van der Waals surface area contributed by atoms with Crippen LogP contribution in [-0.4, -0.2) is 51.8 Å². The summed E-state index contributed by atoms with van der Waals surface area (Å²) in [4.78, 5) is 14.1. The van der Waals surface area contributed by atoms with E-state index in [0.717, 1.165) is 37.3 Å². The van der Waals surface area contributed by atoms with Crippen LogP contribution in [0.3, 0.4) is 0 Å². The van der Waals surface area contributed by atoms with Gasteiger partial charge in [-0.15, -0.1) is 0 Å². The van der Waals surface area contributed by atoms with E-state index in [4.69, 9.17) is 9.47 Å². The zero-order chi connectivity index (χ0) is 19.2. The van der Waals surface area contributed by atoms with Crippen LogP contribution in [0.2, 0.25) is 0 Å². The summed E-state index contributed by atoms with van der Waals surface area (Å²) in [5.41, 5.74) is 2.26. The minimum atomic E-state index is -2.51. The molecule has 0 amide bonds. The van der Waals surface area contributed by atoms with E-state index in [1.165, 1.54) is 7.11 Å². The molecule has 3 aliphatic rings. The maximum absolute atomic E-state index is 13.5. The Labute approximate surface area is 158 Å². The van der Waals surface area contributed by atoms with Gasteiger partial charge in [0.05, 0.1) is 18.8 Å². The van der Waals surface area contributed by atoms with Crippen molar-refractivity contribution in [2.45, 2.75) is 43.8 Å². The second kappa shape index (κ2) is 6.71. The second-order valence-electron chi connectivity index (χ2n) is 8.20. The van der Waals surface area contributed by atoms with Crippen molar-refractivity contribution in [2.24, 2.45) is 5.41 Å². The van der Waals surface area contributed by atoms with E-state index in [-0.39, 0.29) is 36.4 Å². The van der Waals surface area contributed by atoms with E-state index in [2.05, 4.69) is 10.2 Å². The van der Waals surface area contributed by atoms with Gasteiger partial charge in [-0.25, -0.2) is 13.6 Å². The molecule has 2 heterocycles. The van der Waals surface area contributed by atoms with Crippen molar-refractivity contribution in [3.05, 3.63) is 29.3 Å². The number of hydrogen-bond acceptors (Lipinski definition) is 5. The molecular formula is C20H26F2N2O3. The Balaban J connectivity index is 1.60. The van der Waals surface area contributed by atoms with Gasteiger partial charge in [0.1, 0.15) is 0 Å². The first kappa shape index (κ1) is 18.6. The lowest BCUT2D eigenvalue weighted by molar-refractivity contribution is -0.174. The van der Waals surface area contributed by atoms with Crippen molar-refractivity contribution in [3.63, 3.8) is 0 Å². The van der Waals surface area contributed by atoms with Gasteiger partial charge in [0.2, 0.25) is 5.92 Å². The fraction of sp³-hybridized carbons (Fsp3) is 0.650. The number of benzene rings is 1. The van der Waals surface area contributed by atoms with Gasteiger partial charge in [-0.05, 0) is 42.5 Å². The van der Waals surface area contributed by atoms with Gasteiger partial charge in [0.15, 0.2) is 0 Å². The van der Waals surface area contributed by atoms with Crippen LogP contribution in [0.5, 0.6) is 0 Å². The van der Waals surface area contributed by atoms with Gasteiger partial charge in [-0.1, -0.05) is 6.07 Å². The van der Waals surface area contributed by atoms with Crippen LogP contribution in [-0.2, 0) is 9.47 Å². The zero-order valence-electron chi connectivity index (χ0n) is 15.8. The molecule has 2 saturated heterocycles. The number of piperidine rings is 1. The first-order chi connectivity index (χ1) is 12.8. The average molecular weight is 380 g/mol. The molecular weight excluding hydrogens is 354 g/mol. The van der Waals surface area contributed by atoms with Gasteiger partial charge >= 0.3 is 5.97 Å². The lowest BCUT2D eigenvalue weighted by Crippen LogP contribution is -2.54. The molecule has 1 aromatic carbocycles. The van der Waals surface area contributed by atoms with Crippen LogP contribution in [0.15, 0.2) is 18.2 Å². The molecule has 148 valence electrons. The third kappa shape index (κ3) is 3.43. The van der Waals surface area contributed by atoms with Crippen LogP contribution in [0.4, 0.5) is 14.5 Å². The predicted octanol–water partition coefficient (Wildman–Crippen LogP) is 3.15. The first-order valence-electron chi connectivity index (χ1n) is 9.46. The molecule has 1 aromatic rings. The van der Waals surface area contributed by atoms with Gasteiger partial charge in [0.25, 0.3) is 0 Å². The molecule has 0 radical (unpaired) electrons. The number of hydrogen-bond donors (Lipinski definition) is 1. The molecule has 7 heteroatoms. The highest BCUT2D eigenvalue weighted by atomic mass is 19.3. The zero-order valence-corrected chi connectivity index (χ0v) is 15.8. The Bertz CT molecular complexity index is 726. The highest BCUT2D eigenvalue weighted by molar-refractivity contribution is 5.91. The van der Waals surface area contributed by atoms with Crippen LogP contribution >= 0.6 is 0 Å². The topological polar surface area (TPSA) is 50.8 Å². The summed E-state index contributed by atoms with van der Waals surface area (Å²) in [6.07, 6.45) is 1.65. The van der Waals surface area contributed by atoms with Gasteiger partial charge in [-0.2, -0.15) is 0 Å². The summed E-state index contributed by atoms with van der Waals surface area (Å²) in [6, 6.07) is 5.56. The van der Waals surface area contributed by atoms with Crippen LogP contribution < -0.4 is 10.2 Å². The summed E-state index contributed by atoms with van der Waals surface area (Å²) < 4.78 is 37.3. The SMILES string of the molecule is COC(=O)c1ccc(C2CC3(CCN2)CC(F)(F)C3)c(N2CC(OC)C2)c1. The van der Waals surface area contributed by atoms with Crippen molar-refractivity contribution >= 4 is 11.7 Å². The number of anilines is 1. The fourth-order valence-electron chi connectivity index (χ4n) is 4.85. The first-order valence-corrected chi connectivity index (χ1v) is 9.46. The van der Waals surface area contributed by atoms with E-state index in [9.17, 15) is 13.6 Å². The maximum Gasteiger partial charge on any atom is 0.337 e. The molecule has 3 fully saturated rings. The molecule has 0 bridgehead atoms. The molecule has 1 saturated carbocycles. The van der Waals surface area contributed by atoms with Crippen molar-refractivity contribution < 1.29 is 23.0 Å². The third-order valence-corrected chi connectivity index (χ3v) is 6.30. The highest BCUT2D eigenvalue weighted by Gasteiger charge is 2.57. The normalized spacial score (nSPS) is 26.4. The van der Waals surface area contributed by atoms with E-state index >= 15 is 0 Å². The largest absolute Gasteiger partial charge is 0.465 e. The molecule has 27 heavy (non-hydrogen) atoms. The summed E-state index contributed by atoms with van der Waals surface area (Å²) >= 11 is 0. The Morgan fingerprint density at radius 1 is 1.26 bits per heavy atom.